The summed E-state index contributed by atoms with van der Waals surface area (Å²) in [6, 6.07) is 0. The third kappa shape index (κ3) is 3.86. The van der Waals surface area contributed by atoms with Crippen LogP contribution in [0, 0.1) is 5.92 Å². The summed E-state index contributed by atoms with van der Waals surface area (Å²) in [5, 5.41) is 0. The first-order valence-corrected chi connectivity index (χ1v) is 5.62. The summed E-state index contributed by atoms with van der Waals surface area (Å²) in [6.45, 7) is 6.68. The summed E-state index contributed by atoms with van der Waals surface area (Å²) in [6.07, 6.45) is 10.9. The van der Waals surface area contributed by atoms with Gasteiger partial charge in [-0.05, 0) is 36.8 Å². The van der Waals surface area contributed by atoms with Gasteiger partial charge in [0, 0.05) is 13.3 Å². The van der Waals surface area contributed by atoms with Crippen LogP contribution < -0.4 is 0 Å². The summed E-state index contributed by atoms with van der Waals surface area (Å²) in [5.41, 5.74) is 4.09. The molecule has 1 aliphatic carbocycles. The van der Waals surface area contributed by atoms with Gasteiger partial charge in [0.05, 0.1) is 0 Å². The van der Waals surface area contributed by atoms with E-state index in [1.165, 1.54) is 16.7 Å². The molecule has 0 aromatic rings. The van der Waals surface area contributed by atoms with Crippen LogP contribution in [-0.2, 0) is 0 Å². The second-order valence-electron chi connectivity index (χ2n) is 4.55. The molecule has 0 aromatic heterocycles. The maximum Gasteiger partial charge on any atom is 0.0281 e. The summed E-state index contributed by atoms with van der Waals surface area (Å²) >= 11 is 0. The molecule has 0 spiro atoms. The zero-order chi connectivity index (χ0) is 11.3. The minimum Gasteiger partial charge on any atom is -0.296 e. The topological polar surface area (TPSA) is 12.4 Å². The summed E-state index contributed by atoms with van der Waals surface area (Å²) in [5.74, 6) is 0.708. The highest BCUT2D eigenvalue weighted by molar-refractivity contribution is 5.84. The molecule has 0 unspecified atom stereocenters. The predicted molar refractivity (Wildman–Crippen MR) is 68.4 cm³/mol. The van der Waals surface area contributed by atoms with E-state index in [9.17, 15) is 0 Å². The molecule has 0 atom stereocenters. The van der Waals surface area contributed by atoms with Crippen LogP contribution in [0.25, 0.3) is 0 Å². The quantitative estimate of drug-likeness (QED) is 0.616. The molecule has 0 saturated carbocycles. The van der Waals surface area contributed by atoms with Crippen molar-refractivity contribution in [3.63, 3.8) is 0 Å². The Morgan fingerprint density at radius 1 is 1.47 bits per heavy atom. The molecule has 0 heterocycles. The highest BCUT2D eigenvalue weighted by atomic mass is 14.6. The number of allylic oxidation sites excluding steroid dienone is 6. The predicted octanol–water partition coefficient (Wildman–Crippen LogP) is 3.94. The van der Waals surface area contributed by atoms with Gasteiger partial charge in [0.1, 0.15) is 0 Å². The third-order valence-corrected chi connectivity index (χ3v) is 2.50. The van der Waals surface area contributed by atoms with Crippen LogP contribution in [0.1, 0.15) is 33.6 Å². The van der Waals surface area contributed by atoms with Gasteiger partial charge in [-0.3, -0.25) is 4.99 Å². The van der Waals surface area contributed by atoms with Gasteiger partial charge in [-0.2, -0.15) is 0 Å². The Labute approximate surface area is 93.3 Å². The molecule has 0 bridgehead atoms. The fourth-order valence-corrected chi connectivity index (χ4v) is 1.76. The van der Waals surface area contributed by atoms with E-state index in [2.05, 4.69) is 44.0 Å². The first-order valence-electron chi connectivity index (χ1n) is 5.62. The summed E-state index contributed by atoms with van der Waals surface area (Å²) in [4.78, 5) is 4.11. The Bertz CT molecular complexity index is 327. The molecular weight excluding hydrogens is 182 g/mol. The molecule has 15 heavy (non-hydrogen) atoms. The van der Waals surface area contributed by atoms with Crippen molar-refractivity contribution < 1.29 is 0 Å². The molecule has 0 saturated heterocycles. The van der Waals surface area contributed by atoms with Gasteiger partial charge in [0.15, 0.2) is 0 Å². The Kier molecular flexibility index (Phi) is 4.54. The molecule has 1 rings (SSSR count). The molecule has 0 N–H and O–H groups in total. The largest absolute Gasteiger partial charge is 0.296 e. The van der Waals surface area contributed by atoms with E-state index in [-0.39, 0.29) is 0 Å². The fourth-order valence-electron chi connectivity index (χ4n) is 1.76. The van der Waals surface area contributed by atoms with Crippen LogP contribution in [-0.4, -0.2) is 13.3 Å². The van der Waals surface area contributed by atoms with Crippen LogP contribution in [0.4, 0.5) is 0 Å². The average molecular weight is 203 g/mol. The van der Waals surface area contributed by atoms with Crippen molar-refractivity contribution in [2.45, 2.75) is 33.6 Å². The molecule has 1 nitrogen and oxygen atoms in total. The number of hydrogen-bond donors (Lipinski definition) is 0. The van der Waals surface area contributed by atoms with Gasteiger partial charge in [-0.25, -0.2) is 0 Å². The van der Waals surface area contributed by atoms with Crippen LogP contribution in [0.5, 0.6) is 0 Å². The normalized spacial score (nSPS) is 17.5. The van der Waals surface area contributed by atoms with Crippen molar-refractivity contribution in [1.29, 1.82) is 0 Å². The van der Waals surface area contributed by atoms with Gasteiger partial charge in [-0.1, -0.05) is 37.6 Å². The Morgan fingerprint density at radius 3 is 2.80 bits per heavy atom. The van der Waals surface area contributed by atoms with Crippen molar-refractivity contribution in [2.24, 2.45) is 10.9 Å². The van der Waals surface area contributed by atoms with E-state index in [0.29, 0.717) is 5.92 Å². The van der Waals surface area contributed by atoms with Crippen LogP contribution >= 0.6 is 0 Å². The number of hydrogen-bond acceptors (Lipinski definition) is 1. The number of nitrogens with zero attached hydrogens (tertiary/aromatic N) is 1. The molecule has 1 heteroatoms. The second-order valence-corrected chi connectivity index (χ2v) is 4.55. The van der Waals surface area contributed by atoms with Crippen molar-refractivity contribution in [3.8, 4) is 0 Å². The third-order valence-electron chi connectivity index (χ3n) is 2.50. The monoisotopic (exact) mass is 203 g/mol. The smallest absolute Gasteiger partial charge is 0.0281 e. The zero-order valence-electron chi connectivity index (χ0n) is 10.2. The molecule has 0 aliphatic heterocycles. The van der Waals surface area contributed by atoms with Crippen molar-refractivity contribution in [2.75, 3.05) is 7.05 Å². The van der Waals surface area contributed by atoms with Crippen molar-refractivity contribution in [3.05, 3.63) is 34.9 Å². The summed E-state index contributed by atoms with van der Waals surface area (Å²) < 4.78 is 0. The van der Waals surface area contributed by atoms with Crippen molar-refractivity contribution >= 4 is 6.21 Å². The van der Waals surface area contributed by atoms with Gasteiger partial charge < -0.3 is 0 Å². The fraction of sp³-hybridized carbons (Fsp3) is 0.500. The Hall–Kier alpha value is -1.11. The van der Waals surface area contributed by atoms with Gasteiger partial charge in [-0.15, -0.1) is 0 Å². The first-order chi connectivity index (χ1) is 7.13. The standard InChI is InChI=1S/C14H21N/c1-11(2)8-13-7-5-6-12(3)14(9-13)10-15-4/h5,7,9-11H,6,8H2,1-4H3. The van der Waals surface area contributed by atoms with Crippen molar-refractivity contribution in [1.82, 2.24) is 0 Å². The van der Waals surface area contributed by atoms with Crippen LogP contribution in [0.15, 0.2) is 39.9 Å². The molecule has 0 aromatic carbocycles. The Balaban J connectivity index is 2.93. The lowest BCUT2D eigenvalue weighted by atomic mass is 10.0. The molecule has 0 fully saturated rings. The highest BCUT2D eigenvalue weighted by Crippen LogP contribution is 2.21. The van der Waals surface area contributed by atoms with Crippen LogP contribution in [0.2, 0.25) is 0 Å². The van der Waals surface area contributed by atoms with E-state index < -0.39 is 0 Å². The molecular formula is C14H21N. The number of rotatable bonds is 3. The molecule has 82 valence electrons. The lowest BCUT2D eigenvalue weighted by molar-refractivity contribution is 0.650. The first kappa shape index (κ1) is 12.0. The second kappa shape index (κ2) is 5.69. The lowest BCUT2D eigenvalue weighted by Crippen LogP contribution is -1.91. The van der Waals surface area contributed by atoms with E-state index in [1.807, 2.05) is 13.3 Å². The van der Waals surface area contributed by atoms with Gasteiger partial charge in [0.2, 0.25) is 0 Å². The minimum atomic E-state index is 0.708. The van der Waals surface area contributed by atoms with Gasteiger partial charge >= 0.3 is 0 Å². The SMILES string of the molecule is CN=CC1=C(C)CC=CC(CC(C)C)=C1. The number of aliphatic imine (C=N–C) groups is 1. The lowest BCUT2D eigenvalue weighted by Gasteiger charge is -2.05. The highest BCUT2D eigenvalue weighted by Gasteiger charge is 2.04. The molecule has 1 aliphatic rings. The maximum absolute atomic E-state index is 4.11. The Morgan fingerprint density at radius 2 is 2.20 bits per heavy atom. The average Bonchev–Trinajstić information content (AvgIpc) is 2.29. The zero-order valence-corrected chi connectivity index (χ0v) is 10.2. The van der Waals surface area contributed by atoms with Gasteiger partial charge in [0.25, 0.3) is 0 Å². The maximum atomic E-state index is 4.11. The van der Waals surface area contributed by atoms with E-state index in [1.54, 1.807) is 0 Å². The summed E-state index contributed by atoms with van der Waals surface area (Å²) in [7, 11) is 1.83. The molecule has 0 radical (unpaired) electrons. The van der Waals surface area contributed by atoms with E-state index in [4.69, 9.17) is 0 Å². The molecule has 0 amide bonds. The van der Waals surface area contributed by atoms with E-state index in [0.717, 1.165) is 12.8 Å². The van der Waals surface area contributed by atoms with Crippen LogP contribution in [0.3, 0.4) is 0 Å². The van der Waals surface area contributed by atoms with E-state index >= 15 is 0 Å². The minimum absolute atomic E-state index is 0.708.